The molecule has 2 heteroatoms. The van der Waals surface area contributed by atoms with Crippen molar-refractivity contribution in [1.29, 1.82) is 0 Å². The molecule has 76 valence electrons. The number of nitrogens with one attached hydrogen (secondary N) is 1. The minimum atomic E-state index is 0.568. The van der Waals surface area contributed by atoms with Gasteiger partial charge in [0.25, 0.3) is 0 Å². The average molecular weight is 191 g/mol. The zero-order valence-corrected chi connectivity index (χ0v) is 8.46. The third-order valence-electron chi connectivity index (χ3n) is 3.46. The van der Waals surface area contributed by atoms with E-state index in [9.17, 15) is 0 Å². The molecule has 0 amide bonds. The van der Waals surface area contributed by atoms with Crippen molar-refractivity contribution in [2.75, 3.05) is 6.54 Å². The van der Waals surface area contributed by atoms with E-state index in [-0.39, 0.29) is 0 Å². The van der Waals surface area contributed by atoms with E-state index in [1.807, 2.05) is 6.26 Å². The van der Waals surface area contributed by atoms with Crippen LogP contribution < -0.4 is 5.32 Å². The molecule has 1 aliphatic heterocycles. The molecule has 0 bridgehead atoms. The first-order valence-corrected chi connectivity index (χ1v) is 5.73. The minimum absolute atomic E-state index is 0.568. The van der Waals surface area contributed by atoms with Crippen molar-refractivity contribution >= 4 is 0 Å². The number of rotatable bonds is 3. The van der Waals surface area contributed by atoms with Crippen molar-refractivity contribution in [3.8, 4) is 0 Å². The van der Waals surface area contributed by atoms with Crippen LogP contribution in [0.15, 0.2) is 16.7 Å². The summed E-state index contributed by atoms with van der Waals surface area (Å²) in [5, 5.41) is 3.58. The first-order valence-electron chi connectivity index (χ1n) is 5.73. The van der Waals surface area contributed by atoms with Gasteiger partial charge in [-0.3, -0.25) is 0 Å². The Balaban J connectivity index is 1.68. The van der Waals surface area contributed by atoms with Crippen LogP contribution in [0.2, 0.25) is 0 Å². The Bertz CT molecular complexity index is 314. The van der Waals surface area contributed by atoms with Crippen molar-refractivity contribution in [3.05, 3.63) is 23.7 Å². The summed E-state index contributed by atoms with van der Waals surface area (Å²) in [7, 11) is 0. The molecule has 14 heavy (non-hydrogen) atoms. The van der Waals surface area contributed by atoms with Gasteiger partial charge in [-0.1, -0.05) is 12.8 Å². The lowest BCUT2D eigenvalue weighted by Crippen LogP contribution is -2.28. The molecule has 3 rings (SSSR count). The summed E-state index contributed by atoms with van der Waals surface area (Å²) in [5.41, 5.74) is 1.41. The lowest BCUT2D eigenvalue weighted by Gasteiger charge is -2.23. The Kier molecular flexibility index (Phi) is 2.09. The fourth-order valence-electron chi connectivity index (χ4n) is 2.40. The summed E-state index contributed by atoms with van der Waals surface area (Å²) in [6.45, 7) is 1.08. The second-order valence-corrected chi connectivity index (χ2v) is 4.58. The van der Waals surface area contributed by atoms with Gasteiger partial charge in [0.2, 0.25) is 0 Å². The highest BCUT2D eigenvalue weighted by atomic mass is 16.3. The molecular formula is C12H17NO. The minimum Gasteiger partial charge on any atom is -0.469 e. The van der Waals surface area contributed by atoms with Crippen molar-refractivity contribution in [2.45, 2.75) is 38.1 Å². The van der Waals surface area contributed by atoms with Crippen LogP contribution in [-0.4, -0.2) is 6.54 Å². The Morgan fingerprint density at radius 1 is 1.36 bits per heavy atom. The molecule has 1 N–H and O–H groups in total. The Hall–Kier alpha value is -0.760. The van der Waals surface area contributed by atoms with Crippen LogP contribution >= 0.6 is 0 Å². The maximum atomic E-state index is 5.47. The molecule has 1 unspecified atom stereocenters. The molecule has 2 heterocycles. The van der Waals surface area contributed by atoms with E-state index in [1.165, 1.54) is 37.0 Å². The molecule has 1 aliphatic carbocycles. The van der Waals surface area contributed by atoms with E-state index in [2.05, 4.69) is 11.4 Å². The van der Waals surface area contributed by atoms with Crippen molar-refractivity contribution in [3.63, 3.8) is 0 Å². The monoisotopic (exact) mass is 191 g/mol. The number of hydrogen-bond acceptors (Lipinski definition) is 2. The van der Waals surface area contributed by atoms with Crippen molar-refractivity contribution < 1.29 is 4.42 Å². The highest BCUT2D eigenvalue weighted by molar-refractivity contribution is 5.24. The van der Waals surface area contributed by atoms with Crippen LogP contribution in [0, 0.1) is 5.92 Å². The summed E-state index contributed by atoms with van der Waals surface area (Å²) in [6, 6.07) is 2.71. The third-order valence-corrected chi connectivity index (χ3v) is 3.46. The molecule has 0 saturated heterocycles. The maximum absolute atomic E-state index is 5.47. The summed E-state index contributed by atoms with van der Waals surface area (Å²) in [5.74, 6) is 2.25. The largest absolute Gasteiger partial charge is 0.469 e. The first kappa shape index (κ1) is 8.54. The number of furan rings is 1. The predicted octanol–water partition coefficient (Wildman–Crippen LogP) is 2.66. The van der Waals surface area contributed by atoms with Gasteiger partial charge in [-0.15, -0.1) is 0 Å². The topological polar surface area (TPSA) is 25.2 Å². The molecule has 1 aromatic rings. The van der Waals surface area contributed by atoms with Crippen LogP contribution in [-0.2, 0) is 6.42 Å². The fourth-order valence-corrected chi connectivity index (χ4v) is 2.40. The van der Waals surface area contributed by atoms with Gasteiger partial charge in [-0.05, 0) is 24.8 Å². The van der Waals surface area contributed by atoms with Crippen molar-refractivity contribution in [2.24, 2.45) is 5.92 Å². The smallest absolute Gasteiger partial charge is 0.109 e. The van der Waals surface area contributed by atoms with Crippen LogP contribution in [0.4, 0.5) is 0 Å². The highest BCUT2D eigenvalue weighted by Crippen LogP contribution is 2.37. The van der Waals surface area contributed by atoms with Gasteiger partial charge in [0.05, 0.1) is 6.26 Å². The number of fused-ring (bicyclic) bond motifs is 1. The Morgan fingerprint density at radius 2 is 2.29 bits per heavy atom. The summed E-state index contributed by atoms with van der Waals surface area (Å²) < 4.78 is 5.47. The summed E-state index contributed by atoms with van der Waals surface area (Å²) in [4.78, 5) is 0. The predicted molar refractivity (Wildman–Crippen MR) is 55.1 cm³/mol. The van der Waals surface area contributed by atoms with Gasteiger partial charge in [-0.2, -0.15) is 0 Å². The molecule has 0 aromatic carbocycles. The second-order valence-electron chi connectivity index (χ2n) is 4.58. The molecule has 1 aromatic heterocycles. The van der Waals surface area contributed by atoms with Crippen LogP contribution in [0.1, 0.15) is 43.0 Å². The SMILES string of the molecule is c1cc2c(o1)CCNC2CCC1CC1. The Morgan fingerprint density at radius 3 is 3.14 bits per heavy atom. The van der Waals surface area contributed by atoms with Crippen LogP contribution in [0.3, 0.4) is 0 Å². The second kappa shape index (κ2) is 3.43. The molecule has 1 atom stereocenters. The van der Waals surface area contributed by atoms with E-state index in [0.717, 1.165) is 18.9 Å². The zero-order valence-electron chi connectivity index (χ0n) is 8.46. The molecule has 0 radical (unpaired) electrons. The van der Waals surface area contributed by atoms with Gasteiger partial charge >= 0.3 is 0 Å². The molecular weight excluding hydrogens is 174 g/mol. The maximum Gasteiger partial charge on any atom is 0.109 e. The average Bonchev–Trinajstić information content (AvgIpc) is 2.91. The van der Waals surface area contributed by atoms with E-state index >= 15 is 0 Å². The molecule has 1 fully saturated rings. The molecule has 1 saturated carbocycles. The first-order chi connectivity index (χ1) is 6.93. The molecule has 2 nitrogen and oxygen atoms in total. The van der Waals surface area contributed by atoms with E-state index in [4.69, 9.17) is 4.42 Å². The van der Waals surface area contributed by atoms with E-state index in [0.29, 0.717) is 6.04 Å². The van der Waals surface area contributed by atoms with Gasteiger partial charge in [0.15, 0.2) is 0 Å². The number of hydrogen-bond donors (Lipinski definition) is 1. The van der Waals surface area contributed by atoms with Crippen LogP contribution in [0.25, 0.3) is 0 Å². The van der Waals surface area contributed by atoms with Gasteiger partial charge < -0.3 is 9.73 Å². The standard InChI is InChI=1S/C12H17NO/c1-2-9(1)3-4-11-10-6-8-14-12(10)5-7-13-11/h6,8-9,11,13H,1-5,7H2. The lowest BCUT2D eigenvalue weighted by molar-refractivity contribution is 0.407. The van der Waals surface area contributed by atoms with Crippen LogP contribution in [0.5, 0.6) is 0 Å². The van der Waals surface area contributed by atoms with Crippen molar-refractivity contribution in [1.82, 2.24) is 5.32 Å². The van der Waals surface area contributed by atoms with E-state index in [1.54, 1.807) is 0 Å². The highest BCUT2D eigenvalue weighted by Gasteiger charge is 2.26. The van der Waals surface area contributed by atoms with Gasteiger partial charge in [-0.25, -0.2) is 0 Å². The zero-order chi connectivity index (χ0) is 9.38. The third kappa shape index (κ3) is 1.59. The molecule has 2 aliphatic rings. The normalized spacial score (nSPS) is 26.1. The molecule has 0 spiro atoms. The van der Waals surface area contributed by atoms with E-state index < -0.39 is 0 Å². The van der Waals surface area contributed by atoms with Gasteiger partial charge in [0, 0.05) is 24.6 Å². The lowest BCUT2D eigenvalue weighted by atomic mass is 9.97. The summed E-state index contributed by atoms with van der Waals surface area (Å²) in [6.07, 6.45) is 8.50. The van der Waals surface area contributed by atoms with Gasteiger partial charge in [0.1, 0.15) is 5.76 Å². The quantitative estimate of drug-likeness (QED) is 0.794. The fraction of sp³-hybridized carbons (Fsp3) is 0.667. The summed E-state index contributed by atoms with van der Waals surface area (Å²) >= 11 is 0. The Labute approximate surface area is 84.7 Å².